The third-order valence-corrected chi connectivity index (χ3v) is 3.24. The van der Waals surface area contributed by atoms with Crippen molar-refractivity contribution in [3.05, 3.63) is 23.3 Å². The van der Waals surface area contributed by atoms with Crippen LogP contribution in [0.1, 0.15) is 30.9 Å². The summed E-state index contributed by atoms with van der Waals surface area (Å²) >= 11 is 1.45. The van der Waals surface area contributed by atoms with Crippen molar-refractivity contribution < 1.29 is 0 Å². The summed E-state index contributed by atoms with van der Waals surface area (Å²) in [5.41, 5.74) is 8.35. The fraction of sp³-hybridized carbons (Fsp3) is 0.273. The van der Waals surface area contributed by atoms with Gasteiger partial charge in [0.25, 0.3) is 0 Å². The fourth-order valence-electron chi connectivity index (χ4n) is 1.70. The summed E-state index contributed by atoms with van der Waals surface area (Å²) in [6.07, 6.45) is 0. The van der Waals surface area contributed by atoms with E-state index in [4.69, 9.17) is 11.0 Å². The maximum atomic E-state index is 9.04. The highest BCUT2D eigenvalue weighted by Gasteiger charge is 2.13. The van der Waals surface area contributed by atoms with Gasteiger partial charge in [0.15, 0.2) is 5.13 Å². The molecule has 1 aromatic heterocycles. The molecule has 0 spiro atoms. The number of benzene rings is 1. The van der Waals surface area contributed by atoms with Crippen LogP contribution in [0.5, 0.6) is 0 Å². The van der Waals surface area contributed by atoms with Gasteiger partial charge in [-0.1, -0.05) is 25.2 Å². The molecule has 0 radical (unpaired) electrons. The first kappa shape index (κ1) is 9.94. The monoisotopic (exact) mass is 217 g/mol. The molecule has 4 heteroatoms. The second-order valence-corrected chi connectivity index (χ2v) is 4.72. The van der Waals surface area contributed by atoms with Crippen molar-refractivity contribution in [3.63, 3.8) is 0 Å². The summed E-state index contributed by atoms with van der Waals surface area (Å²) in [7, 11) is 0. The number of hydrogen-bond acceptors (Lipinski definition) is 4. The topological polar surface area (TPSA) is 62.7 Å². The van der Waals surface area contributed by atoms with E-state index in [2.05, 4.69) is 24.9 Å². The molecule has 0 aliphatic rings. The van der Waals surface area contributed by atoms with Gasteiger partial charge in [0.2, 0.25) is 0 Å². The largest absolute Gasteiger partial charge is 0.375 e. The van der Waals surface area contributed by atoms with Gasteiger partial charge in [-0.25, -0.2) is 4.98 Å². The summed E-state index contributed by atoms with van der Waals surface area (Å²) in [5, 5.41) is 9.59. The fourth-order valence-corrected chi connectivity index (χ4v) is 2.73. The van der Waals surface area contributed by atoms with Crippen LogP contribution in [-0.2, 0) is 0 Å². The first-order valence-corrected chi connectivity index (χ1v) is 5.54. The van der Waals surface area contributed by atoms with Crippen LogP contribution in [0.3, 0.4) is 0 Å². The minimum absolute atomic E-state index is 0.309. The molecule has 2 N–H and O–H groups in total. The number of anilines is 1. The number of aromatic nitrogens is 1. The maximum Gasteiger partial charge on any atom is 0.181 e. The molecule has 0 saturated heterocycles. The lowest BCUT2D eigenvalue weighted by molar-refractivity contribution is 0.874. The molecular weight excluding hydrogens is 206 g/mol. The number of nitrogen functional groups attached to an aromatic ring is 1. The first-order chi connectivity index (χ1) is 7.13. The highest BCUT2D eigenvalue weighted by Crippen LogP contribution is 2.33. The Morgan fingerprint density at radius 2 is 2.20 bits per heavy atom. The molecule has 0 saturated carbocycles. The highest BCUT2D eigenvalue weighted by molar-refractivity contribution is 7.22. The zero-order chi connectivity index (χ0) is 11.0. The van der Waals surface area contributed by atoms with E-state index in [0.29, 0.717) is 11.0 Å². The van der Waals surface area contributed by atoms with Gasteiger partial charge in [0.1, 0.15) is 0 Å². The average Bonchev–Trinajstić information content (AvgIpc) is 2.55. The molecule has 1 aromatic carbocycles. The number of nitrogens with zero attached hydrogens (tertiary/aromatic N) is 2. The van der Waals surface area contributed by atoms with Crippen molar-refractivity contribution in [3.8, 4) is 6.07 Å². The molecular formula is C11H11N3S. The van der Waals surface area contributed by atoms with Crippen LogP contribution in [-0.4, -0.2) is 4.98 Å². The van der Waals surface area contributed by atoms with Crippen LogP contribution in [0.25, 0.3) is 10.2 Å². The highest BCUT2D eigenvalue weighted by atomic mass is 32.1. The Kier molecular flexibility index (Phi) is 2.33. The van der Waals surface area contributed by atoms with Crippen LogP contribution < -0.4 is 5.73 Å². The zero-order valence-electron chi connectivity index (χ0n) is 8.61. The van der Waals surface area contributed by atoms with Gasteiger partial charge in [-0.3, -0.25) is 0 Å². The van der Waals surface area contributed by atoms with Gasteiger partial charge in [0, 0.05) is 0 Å². The summed E-state index contributed by atoms with van der Waals surface area (Å²) in [6.45, 7) is 4.15. The van der Waals surface area contributed by atoms with Crippen LogP contribution >= 0.6 is 11.3 Å². The summed E-state index contributed by atoms with van der Waals surface area (Å²) in [5.74, 6) is 0.309. The van der Waals surface area contributed by atoms with E-state index in [1.54, 1.807) is 0 Å². The zero-order valence-corrected chi connectivity index (χ0v) is 9.43. The SMILES string of the molecule is CC(C)c1c(C#N)ccc2nc(N)sc12. The van der Waals surface area contributed by atoms with E-state index in [1.807, 2.05) is 12.1 Å². The van der Waals surface area contributed by atoms with Crippen molar-refractivity contribution in [1.29, 1.82) is 5.26 Å². The van der Waals surface area contributed by atoms with E-state index in [-0.39, 0.29) is 0 Å². The predicted molar refractivity (Wildman–Crippen MR) is 62.8 cm³/mol. The lowest BCUT2D eigenvalue weighted by Crippen LogP contribution is -1.92. The Morgan fingerprint density at radius 1 is 1.47 bits per heavy atom. The van der Waals surface area contributed by atoms with Crippen LogP contribution in [0.2, 0.25) is 0 Å². The molecule has 2 rings (SSSR count). The van der Waals surface area contributed by atoms with Crippen molar-refractivity contribution in [2.24, 2.45) is 0 Å². The van der Waals surface area contributed by atoms with E-state index < -0.39 is 0 Å². The second-order valence-electron chi connectivity index (χ2n) is 3.69. The Morgan fingerprint density at radius 3 is 2.80 bits per heavy atom. The van der Waals surface area contributed by atoms with Crippen molar-refractivity contribution >= 4 is 26.7 Å². The molecule has 15 heavy (non-hydrogen) atoms. The smallest absolute Gasteiger partial charge is 0.181 e. The third kappa shape index (κ3) is 1.55. The third-order valence-electron chi connectivity index (χ3n) is 2.31. The molecule has 0 aliphatic heterocycles. The number of thiazole rings is 1. The molecule has 0 aliphatic carbocycles. The molecule has 0 unspecified atom stereocenters. The normalized spacial score (nSPS) is 10.8. The van der Waals surface area contributed by atoms with E-state index >= 15 is 0 Å². The van der Waals surface area contributed by atoms with Crippen molar-refractivity contribution in [2.75, 3.05) is 5.73 Å². The van der Waals surface area contributed by atoms with Gasteiger partial charge in [-0.15, -0.1) is 0 Å². The van der Waals surface area contributed by atoms with Crippen molar-refractivity contribution in [2.45, 2.75) is 19.8 Å². The molecule has 0 bridgehead atoms. The minimum Gasteiger partial charge on any atom is -0.375 e. The first-order valence-electron chi connectivity index (χ1n) is 4.72. The summed E-state index contributed by atoms with van der Waals surface area (Å²) in [6, 6.07) is 5.89. The lowest BCUT2D eigenvalue weighted by atomic mass is 9.97. The number of hydrogen-bond donors (Lipinski definition) is 1. The number of fused-ring (bicyclic) bond motifs is 1. The second kappa shape index (κ2) is 3.52. The Balaban J connectivity index is 2.85. The van der Waals surface area contributed by atoms with Gasteiger partial charge in [0.05, 0.1) is 21.8 Å². The maximum absolute atomic E-state index is 9.04. The predicted octanol–water partition coefficient (Wildman–Crippen LogP) is 2.87. The van der Waals surface area contributed by atoms with Crippen LogP contribution in [0.15, 0.2) is 12.1 Å². The van der Waals surface area contributed by atoms with E-state index in [1.165, 1.54) is 11.3 Å². The summed E-state index contributed by atoms with van der Waals surface area (Å²) < 4.78 is 1.04. The molecule has 0 fully saturated rings. The van der Waals surface area contributed by atoms with E-state index in [9.17, 15) is 0 Å². The molecule has 3 nitrogen and oxygen atoms in total. The molecule has 1 heterocycles. The Bertz CT molecular complexity index is 549. The lowest BCUT2D eigenvalue weighted by Gasteiger charge is -2.07. The Hall–Kier alpha value is -1.60. The Labute approximate surface area is 92.2 Å². The average molecular weight is 217 g/mol. The van der Waals surface area contributed by atoms with Crippen molar-refractivity contribution in [1.82, 2.24) is 4.98 Å². The minimum atomic E-state index is 0.309. The van der Waals surface area contributed by atoms with Gasteiger partial charge in [-0.05, 0) is 23.6 Å². The molecule has 0 atom stereocenters. The number of nitriles is 1. The van der Waals surface area contributed by atoms with Gasteiger partial charge in [-0.2, -0.15) is 5.26 Å². The number of nitrogens with two attached hydrogens (primary N) is 1. The standard InChI is InChI=1S/C11H11N3S/c1-6(2)9-7(5-12)3-4-8-10(9)15-11(13)14-8/h3-4,6H,1-2H3,(H2,13,14). The van der Waals surface area contributed by atoms with E-state index in [0.717, 1.165) is 21.3 Å². The molecule has 2 aromatic rings. The quantitative estimate of drug-likeness (QED) is 0.798. The molecule has 76 valence electrons. The summed E-state index contributed by atoms with van der Waals surface area (Å²) in [4.78, 5) is 4.22. The van der Waals surface area contributed by atoms with Crippen LogP contribution in [0.4, 0.5) is 5.13 Å². The van der Waals surface area contributed by atoms with Crippen LogP contribution in [0, 0.1) is 11.3 Å². The number of rotatable bonds is 1. The van der Waals surface area contributed by atoms with Gasteiger partial charge >= 0.3 is 0 Å². The molecule has 0 amide bonds. The van der Waals surface area contributed by atoms with Gasteiger partial charge < -0.3 is 5.73 Å².